The van der Waals surface area contributed by atoms with Crippen LogP contribution in [0.3, 0.4) is 0 Å². The van der Waals surface area contributed by atoms with Gasteiger partial charge in [0.1, 0.15) is 0 Å². The minimum atomic E-state index is -0.542. The molecule has 2 nitrogen and oxygen atoms in total. The van der Waals surface area contributed by atoms with Gasteiger partial charge in [0.15, 0.2) is 11.7 Å². The zero-order chi connectivity index (χ0) is 37.6. The maximum atomic E-state index is 2.67. The molecule has 0 saturated carbocycles. The van der Waals surface area contributed by atoms with E-state index in [1.54, 1.807) is 0 Å². The van der Waals surface area contributed by atoms with Crippen molar-refractivity contribution in [1.82, 2.24) is 4.57 Å². The molecule has 0 N–H and O–H groups in total. The highest BCUT2D eigenvalue weighted by Gasteiger charge is 2.51. The summed E-state index contributed by atoms with van der Waals surface area (Å²) < 4.78 is 5.21. The molecule has 2 aliphatic heterocycles. The van der Waals surface area contributed by atoms with Gasteiger partial charge in [-0.2, -0.15) is 4.57 Å². The van der Waals surface area contributed by atoms with Crippen LogP contribution >= 0.6 is 0 Å². The largest absolute Gasteiger partial charge is 0.309 e. The van der Waals surface area contributed by atoms with Crippen molar-refractivity contribution in [2.45, 2.75) is 56.9 Å². The second kappa shape index (κ2) is 12.4. The average Bonchev–Trinajstić information content (AvgIpc) is 3.61. The van der Waals surface area contributed by atoms with E-state index < -0.39 is 5.41 Å². The number of rotatable bonds is 6. The van der Waals surface area contributed by atoms with Crippen LogP contribution in [0.25, 0.3) is 60.6 Å². The molecule has 56 heavy (non-hydrogen) atoms. The van der Waals surface area contributed by atoms with Crippen LogP contribution in [-0.4, -0.2) is 4.57 Å². The van der Waals surface area contributed by atoms with Gasteiger partial charge in [-0.25, -0.2) is 0 Å². The van der Waals surface area contributed by atoms with E-state index in [1.165, 1.54) is 88.5 Å². The third kappa shape index (κ3) is 4.25. The molecule has 0 saturated heterocycles. The molecule has 0 amide bonds. The molecule has 11 rings (SSSR count). The van der Waals surface area contributed by atoms with Gasteiger partial charge in [-0.3, -0.25) is 0 Å². The molecule has 270 valence electrons. The minimum absolute atomic E-state index is 0.0197. The standard InChI is InChI=1S/C54H45N2/c1-4-46-42-30-29-37(33-44(42)51-41-24-14-13-19-36(41)31-32-55(51)53(46,5-2)6-3)38-34-45-43-25-15-17-27-49(43)56-50-28-18-16-26-47(50)54(48(35-38)52(45)56,39-20-9-7-10-21-39)40-22-11-8-12-23-40/h7-35,46H,4-6H2,1-3H3/q+1. The Morgan fingerprint density at radius 2 is 1.21 bits per heavy atom. The molecule has 2 aromatic heterocycles. The average molecular weight is 722 g/mol. The third-order valence-corrected chi connectivity index (χ3v) is 13.8. The minimum Gasteiger partial charge on any atom is -0.309 e. The van der Waals surface area contributed by atoms with Gasteiger partial charge in [0, 0.05) is 35.6 Å². The van der Waals surface area contributed by atoms with Crippen LogP contribution < -0.4 is 4.57 Å². The summed E-state index contributed by atoms with van der Waals surface area (Å²) in [6, 6.07) is 64.3. The van der Waals surface area contributed by atoms with Crippen molar-refractivity contribution in [3.8, 4) is 28.1 Å². The first-order chi connectivity index (χ1) is 27.6. The number of fused-ring (bicyclic) bond motifs is 10. The van der Waals surface area contributed by atoms with Crippen molar-refractivity contribution in [2.24, 2.45) is 0 Å². The number of hydrogen-bond donors (Lipinski definition) is 0. The maximum Gasteiger partial charge on any atom is 0.221 e. The van der Waals surface area contributed by atoms with Crippen molar-refractivity contribution in [2.75, 3.05) is 0 Å². The SMILES string of the molecule is CCC1c2ccc(-c3cc4c5c(c3)c3ccccc3n5-c3ccccc3C4(c3ccccc3)c3ccccc3)cc2-c2c3ccccc3cc[n+]2C1(CC)CC. The Bertz CT molecular complexity index is 2940. The Balaban J connectivity index is 1.27. The summed E-state index contributed by atoms with van der Waals surface area (Å²) in [5.41, 5.74) is 15.1. The smallest absolute Gasteiger partial charge is 0.221 e. The van der Waals surface area contributed by atoms with Gasteiger partial charge in [-0.15, -0.1) is 0 Å². The van der Waals surface area contributed by atoms with E-state index in [9.17, 15) is 0 Å². The summed E-state index contributed by atoms with van der Waals surface area (Å²) in [5, 5.41) is 5.19. The van der Waals surface area contributed by atoms with E-state index in [2.05, 4.69) is 206 Å². The Morgan fingerprint density at radius 1 is 0.554 bits per heavy atom. The second-order valence-electron chi connectivity index (χ2n) is 16.0. The Morgan fingerprint density at radius 3 is 1.95 bits per heavy atom. The lowest BCUT2D eigenvalue weighted by Crippen LogP contribution is -2.62. The van der Waals surface area contributed by atoms with Crippen LogP contribution in [0.4, 0.5) is 0 Å². The highest BCUT2D eigenvalue weighted by atomic mass is 15.1. The van der Waals surface area contributed by atoms with E-state index >= 15 is 0 Å². The first-order valence-electron chi connectivity index (χ1n) is 20.5. The molecule has 0 radical (unpaired) electrons. The summed E-state index contributed by atoms with van der Waals surface area (Å²) in [7, 11) is 0. The molecule has 1 atom stereocenters. The van der Waals surface area contributed by atoms with Crippen molar-refractivity contribution < 1.29 is 4.57 Å². The second-order valence-corrected chi connectivity index (χ2v) is 16.0. The van der Waals surface area contributed by atoms with Crippen LogP contribution in [0, 0.1) is 0 Å². The van der Waals surface area contributed by atoms with Crippen LogP contribution in [0.15, 0.2) is 176 Å². The summed E-state index contributed by atoms with van der Waals surface area (Å²) in [4.78, 5) is 0. The predicted octanol–water partition coefficient (Wildman–Crippen LogP) is 13.3. The monoisotopic (exact) mass is 721 g/mol. The Labute approximate surface area is 329 Å². The molecular weight excluding hydrogens is 677 g/mol. The summed E-state index contributed by atoms with van der Waals surface area (Å²) >= 11 is 0. The first-order valence-corrected chi connectivity index (χ1v) is 20.5. The van der Waals surface area contributed by atoms with Crippen LogP contribution in [0.1, 0.15) is 73.8 Å². The zero-order valence-electron chi connectivity index (χ0n) is 32.3. The molecule has 2 heteroatoms. The maximum absolute atomic E-state index is 2.67. The van der Waals surface area contributed by atoms with E-state index in [1.807, 2.05) is 0 Å². The van der Waals surface area contributed by atoms with Crippen LogP contribution in [0.2, 0.25) is 0 Å². The molecular formula is C54H45N2+. The molecule has 0 spiro atoms. The fraction of sp³-hybridized carbons (Fsp3) is 0.167. The zero-order valence-corrected chi connectivity index (χ0v) is 32.3. The molecule has 0 bridgehead atoms. The fourth-order valence-electron chi connectivity index (χ4n) is 11.3. The lowest BCUT2D eigenvalue weighted by atomic mass is 9.62. The molecule has 0 fully saturated rings. The van der Waals surface area contributed by atoms with E-state index in [0.29, 0.717) is 5.92 Å². The molecule has 2 aliphatic rings. The number of pyridine rings is 1. The fourth-order valence-corrected chi connectivity index (χ4v) is 11.3. The van der Waals surface area contributed by atoms with E-state index in [0.717, 1.165) is 19.3 Å². The molecule has 4 heterocycles. The van der Waals surface area contributed by atoms with Gasteiger partial charge in [0.05, 0.1) is 33.1 Å². The number of nitrogens with zero attached hydrogens (tertiary/aromatic N) is 2. The summed E-state index contributed by atoms with van der Waals surface area (Å²) in [5.74, 6) is 0.419. The number of hydrogen-bond acceptors (Lipinski definition) is 0. The van der Waals surface area contributed by atoms with Gasteiger partial charge in [0.2, 0.25) is 5.69 Å². The summed E-state index contributed by atoms with van der Waals surface area (Å²) in [6.07, 6.45) is 5.66. The van der Waals surface area contributed by atoms with Gasteiger partial charge in [-0.05, 0) is 87.1 Å². The third-order valence-electron chi connectivity index (χ3n) is 13.8. The first kappa shape index (κ1) is 33.1. The quantitative estimate of drug-likeness (QED) is 0.151. The lowest BCUT2D eigenvalue weighted by Gasteiger charge is -2.42. The van der Waals surface area contributed by atoms with Crippen molar-refractivity contribution in [1.29, 1.82) is 0 Å². The Kier molecular flexibility index (Phi) is 7.32. The number of benzene rings is 7. The van der Waals surface area contributed by atoms with Crippen LogP contribution in [-0.2, 0) is 11.0 Å². The number of aromatic nitrogens is 2. The van der Waals surface area contributed by atoms with Crippen molar-refractivity contribution >= 4 is 32.6 Å². The van der Waals surface area contributed by atoms with Gasteiger partial charge >= 0.3 is 0 Å². The number of para-hydroxylation sites is 2. The summed E-state index contributed by atoms with van der Waals surface area (Å²) in [6.45, 7) is 7.16. The van der Waals surface area contributed by atoms with Crippen LogP contribution in [0.5, 0.6) is 0 Å². The molecule has 7 aromatic carbocycles. The van der Waals surface area contributed by atoms with Gasteiger partial charge in [-0.1, -0.05) is 148 Å². The normalized spacial score (nSPS) is 16.1. The van der Waals surface area contributed by atoms with Gasteiger partial charge < -0.3 is 4.57 Å². The predicted molar refractivity (Wildman–Crippen MR) is 233 cm³/mol. The lowest BCUT2D eigenvalue weighted by molar-refractivity contribution is -0.761. The molecule has 9 aromatic rings. The highest BCUT2D eigenvalue weighted by Crippen LogP contribution is 2.56. The van der Waals surface area contributed by atoms with Gasteiger partial charge in [0.25, 0.3) is 0 Å². The van der Waals surface area contributed by atoms with E-state index in [-0.39, 0.29) is 5.54 Å². The topological polar surface area (TPSA) is 8.81 Å². The molecule has 1 unspecified atom stereocenters. The van der Waals surface area contributed by atoms with Crippen molar-refractivity contribution in [3.05, 3.63) is 204 Å². The van der Waals surface area contributed by atoms with E-state index in [4.69, 9.17) is 0 Å². The highest BCUT2D eigenvalue weighted by molar-refractivity contribution is 6.13. The molecule has 0 aliphatic carbocycles. The Hall–Kier alpha value is -6.25. The van der Waals surface area contributed by atoms with Crippen molar-refractivity contribution in [3.63, 3.8) is 0 Å².